The number of hydrogen-bond acceptors (Lipinski definition) is 5. The second kappa shape index (κ2) is 5.22. The molecule has 1 aromatic carbocycles. The van der Waals surface area contributed by atoms with E-state index in [1.54, 1.807) is 18.2 Å². The van der Waals surface area contributed by atoms with Crippen LogP contribution in [0.5, 0.6) is 5.75 Å². The summed E-state index contributed by atoms with van der Waals surface area (Å²) in [4.78, 5) is 15.6. The number of rotatable bonds is 4. The maximum absolute atomic E-state index is 11.8. The number of nitrogens with two attached hydrogens (primary N) is 1. The maximum Gasteiger partial charge on any atom is 0.292 e. The number of nitrogens with one attached hydrogen (secondary N) is 1. The third-order valence-corrected chi connectivity index (χ3v) is 2.19. The number of aromatic nitrogens is 1. The van der Waals surface area contributed by atoms with E-state index in [-0.39, 0.29) is 11.7 Å². The molecule has 0 fully saturated rings. The van der Waals surface area contributed by atoms with Gasteiger partial charge < -0.3 is 20.2 Å². The molecule has 0 saturated heterocycles. The Hall–Kier alpha value is -2.50. The highest BCUT2D eigenvalue weighted by Crippen LogP contribution is 2.24. The third kappa shape index (κ3) is 2.60. The number of hydrogen-bond donors (Lipinski definition) is 2. The van der Waals surface area contributed by atoms with Crippen molar-refractivity contribution in [1.29, 1.82) is 0 Å². The molecule has 94 valence electrons. The lowest BCUT2D eigenvalue weighted by molar-refractivity contribution is 0.102. The van der Waals surface area contributed by atoms with E-state index in [1.165, 1.54) is 6.26 Å². The van der Waals surface area contributed by atoms with E-state index in [4.69, 9.17) is 14.9 Å². The van der Waals surface area contributed by atoms with Crippen LogP contribution in [0.15, 0.2) is 34.9 Å². The zero-order chi connectivity index (χ0) is 13.0. The highest BCUT2D eigenvalue weighted by molar-refractivity contribution is 6.03. The van der Waals surface area contributed by atoms with Gasteiger partial charge in [-0.3, -0.25) is 4.79 Å². The normalized spacial score (nSPS) is 10.1. The average Bonchev–Trinajstić information content (AvgIpc) is 2.79. The van der Waals surface area contributed by atoms with Crippen molar-refractivity contribution in [3.8, 4) is 5.75 Å². The molecule has 0 aliphatic rings. The summed E-state index contributed by atoms with van der Waals surface area (Å²) in [6, 6.07) is 7.10. The SMILES string of the molecule is CCOc1ccccc1NC(=O)c1coc(N)n1. The van der Waals surface area contributed by atoms with Crippen LogP contribution in [0.2, 0.25) is 0 Å². The molecule has 2 aromatic rings. The van der Waals surface area contributed by atoms with Gasteiger partial charge in [0.05, 0.1) is 12.3 Å². The van der Waals surface area contributed by atoms with Crippen LogP contribution >= 0.6 is 0 Å². The molecule has 6 heteroatoms. The van der Waals surface area contributed by atoms with Crippen LogP contribution in [0.3, 0.4) is 0 Å². The Morgan fingerprint density at radius 2 is 2.28 bits per heavy atom. The van der Waals surface area contributed by atoms with Crippen molar-refractivity contribution in [3.63, 3.8) is 0 Å². The summed E-state index contributed by atoms with van der Waals surface area (Å²) in [5.41, 5.74) is 6.00. The fourth-order valence-corrected chi connectivity index (χ4v) is 1.43. The molecule has 1 amide bonds. The standard InChI is InChI=1S/C12H13N3O3/c1-2-17-10-6-4-3-5-8(10)14-11(16)9-7-18-12(13)15-9/h3-7H,2H2,1H3,(H2,13,15)(H,14,16). The Labute approximate surface area is 104 Å². The number of para-hydroxylation sites is 2. The van der Waals surface area contributed by atoms with Gasteiger partial charge in [0.15, 0.2) is 5.69 Å². The van der Waals surface area contributed by atoms with Crippen LogP contribution in [0.1, 0.15) is 17.4 Å². The molecule has 18 heavy (non-hydrogen) atoms. The second-order valence-electron chi connectivity index (χ2n) is 3.45. The minimum atomic E-state index is -0.400. The van der Waals surface area contributed by atoms with Gasteiger partial charge in [0.1, 0.15) is 12.0 Å². The van der Waals surface area contributed by atoms with Crippen LogP contribution in [-0.4, -0.2) is 17.5 Å². The zero-order valence-electron chi connectivity index (χ0n) is 9.84. The van der Waals surface area contributed by atoms with Gasteiger partial charge >= 0.3 is 0 Å². The van der Waals surface area contributed by atoms with E-state index < -0.39 is 5.91 Å². The van der Waals surface area contributed by atoms with E-state index in [0.717, 1.165) is 0 Å². The van der Waals surface area contributed by atoms with Crippen LogP contribution in [0, 0.1) is 0 Å². The number of carbonyl (C=O) groups excluding carboxylic acids is 1. The second-order valence-corrected chi connectivity index (χ2v) is 3.45. The van der Waals surface area contributed by atoms with E-state index in [0.29, 0.717) is 18.0 Å². The van der Waals surface area contributed by atoms with Gasteiger partial charge in [0, 0.05) is 0 Å². The molecule has 0 radical (unpaired) electrons. The molecule has 2 rings (SSSR count). The highest BCUT2D eigenvalue weighted by atomic mass is 16.5. The molecule has 0 atom stereocenters. The predicted octanol–water partition coefficient (Wildman–Crippen LogP) is 1.91. The predicted molar refractivity (Wildman–Crippen MR) is 66.5 cm³/mol. The van der Waals surface area contributed by atoms with Gasteiger partial charge in [-0.15, -0.1) is 0 Å². The van der Waals surface area contributed by atoms with Crippen LogP contribution in [-0.2, 0) is 0 Å². The van der Waals surface area contributed by atoms with Crippen LogP contribution in [0.4, 0.5) is 11.7 Å². The Morgan fingerprint density at radius 3 is 2.94 bits per heavy atom. The summed E-state index contributed by atoms with van der Waals surface area (Å²) >= 11 is 0. The first-order valence-corrected chi connectivity index (χ1v) is 5.45. The Morgan fingerprint density at radius 1 is 1.50 bits per heavy atom. The lowest BCUT2D eigenvalue weighted by Gasteiger charge is -2.09. The van der Waals surface area contributed by atoms with Crippen LogP contribution < -0.4 is 15.8 Å². The molecule has 0 spiro atoms. The number of carbonyl (C=O) groups is 1. The van der Waals surface area contributed by atoms with Gasteiger partial charge in [-0.2, -0.15) is 4.98 Å². The summed E-state index contributed by atoms with van der Waals surface area (Å²) in [6.45, 7) is 2.39. The van der Waals surface area contributed by atoms with Crippen molar-refractivity contribution in [1.82, 2.24) is 4.98 Å². The average molecular weight is 247 g/mol. The number of nitrogens with zero attached hydrogens (tertiary/aromatic N) is 1. The van der Waals surface area contributed by atoms with E-state index in [2.05, 4.69) is 10.3 Å². The van der Waals surface area contributed by atoms with Gasteiger partial charge in [0.2, 0.25) is 0 Å². The van der Waals surface area contributed by atoms with Gasteiger partial charge in [-0.25, -0.2) is 0 Å². The minimum absolute atomic E-state index is 0.0433. The summed E-state index contributed by atoms with van der Waals surface area (Å²) in [5.74, 6) is 0.201. The quantitative estimate of drug-likeness (QED) is 0.861. The largest absolute Gasteiger partial charge is 0.492 e. The molecule has 0 saturated carbocycles. The Bertz CT molecular complexity index is 551. The lowest BCUT2D eigenvalue weighted by Crippen LogP contribution is -2.13. The Balaban J connectivity index is 2.16. The van der Waals surface area contributed by atoms with E-state index in [1.807, 2.05) is 13.0 Å². The first-order valence-electron chi connectivity index (χ1n) is 5.45. The first kappa shape index (κ1) is 12.0. The number of anilines is 2. The molecule has 3 N–H and O–H groups in total. The number of oxazole rings is 1. The maximum atomic E-state index is 11.8. The number of ether oxygens (including phenoxy) is 1. The van der Waals surface area contributed by atoms with Crippen molar-refractivity contribution in [2.75, 3.05) is 17.7 Å². The molecular weight excluding hydrogens is 234 g/mol. The third-order valence-electron chi connectivity index (χ3n) is 2.19. The molecule has 0 bridgehead atoms. The van der Waals surface area contributed by atoms with Gasteiger partial charge in [-0.1, -0.05) is 12.1 Å². The molecule has 0 aliphatic heterocycles. The summed E-state index contributed by atoms with van der Waals surface area (Å²) in [6.07, 6.45) is 1.20. The van der Waals surface area contributed by atoms with Gasteiger partial charge in [0.25, 0.3) is 11.9 Å². The fraction of sp³-hybridized carbons (Fsp3) is 0.167. The first-order chi connectivity index (χ1) is 8.70. The summed E-state index contributed by atoms with van der Waals surface area (Å²) in [7, 11) is 0. The molecule has 6 nitrogen and oxygen atoms in total. The monoisotopic (exact) mass is 247 g/mol. The van der Waals surface area contributed by atoms with Crippen molar-refractivity contribution >= 4 is 17.6 Å². The zero-order valence-corrected chi connectivity index (χ0v) is 9.84. The van der Waals surface area contributed by atoms with E-state index in [9.17, 15) is 4.79 Å². The lowest BCUT2D eigenvalue weighted by atomic mass is 10.3. The Kier molecular flexibility index (Phi) is 3.47. The molecule has 1 aromatic heterocycles. The van der Waals surface area contributed by atoms with E-state index >= 15 is 0 Å². The van der Waals surface area contributed by atoms with Crippen molar-refractivity contribution in [2.45, 2.75) is 6.92 Å². The fourth-order valence-electron chi connectivity index (χ4n) is 1.43. The van der Waals surface area contributed by atoms with Crippen molar-refractivity contribution in [3.05, 3.63) is 36.2 Å². The molecule has 0 unspecified atom stereocenters. The summed E-state index contributed by atoms with van der Waals surface area (Å²) < 4.78 is 10.2. The minimum Gasteiger partial charge on any atom is -0.492 e. The van der Waals surface area contributed by atoms with Crippen LogP contribution in [0.25, 0.3) is 0 Å². The molecular formula is C12H13N3O3. The number of benzene rings is 1. The van der Waals surface area contributed by atoms with Crippen molar-refractivity contribution in [2.24, 2.45) is 0 Å². The molecule has 1 heterocycles. The highest BCUT2D eigenvalue weighted by Gasteiger charge is 2.13. The van der Waals surface area contributed by atoms with Crippen molar-refractivity contribution < 1.29 is 13.9 Å². The summed E-state index contributed by atoms with van der Waals surface area (Å²) in [5, 5.41) is 2.68. The topological polar surface area (TPSA) is 90.4 Å². The van der Waals surface area contributed by atoms with Gasteiger partial charge in [-0.05, 0) is 19.1 Å². The molecule has 0 aliphatic carbocycles. The number of amides is 1. The smallest absolute Gasteiger partial charge is 0.292 e. The number of nitrogen functional groups attached to an aromatic ring is 1.